The first kappa shape index (κ1) is 13.7. The molecule has 1 unspecified atom stereocenters. The van der Waals surface area contributed by atoms with Crippen LogP contribution in [0.1, 0.15) is 19.8 Å². The molecule has 8 nitrogen and oxygen atoms in total. The van der Waals surface area contributed by atoms with Crippen molar-refractivity contribution in [3.63, 3.8) is 0 Å². The molecule has 1 aliphatic rings. The molecule has 0 spiro atoms. The SMILES string of the molecule is CCN1CCCC1CNc1nc(N)nc(-n2ccnc2)n1. The quantitative estimate of drug-likeness (QED) is 0.828. The number of nitrogen functional groups attached to an aromatic ring is 1. The number of nitrogens with zero attached hydrogens (tertiary/aromatic N) is 6. The van der Waals surface area contributed by atoms with Crippen LogP contribution in [0.25, 0.3) is 5.95 Å². The van der Waals surface area contributed by atoms with Crippen LogP contribution in [0.2, 0.25) is 0 Å². The lowest BCUT2D eigenvalue weighted by molar-refractivity contribution is 0.277. The minimum atomic E-state index is 0.204. The topological polar surface area (TPSA) is 97.8 Å². The van der Waals surface area contributed by atoms with Crippen LogP contribution in [0, 0.1) is 0 Å². The van der Waals surface area contributed by atoms with Gasteiger partial charge in [0.2, 0.25) is 17.8 Å². The summed E-state index contributed by atoms with van der Waals surface area (Å²) in [6.07, 6.45) is 7.53. The molecule has 0 bridgehead atoms. The lowest BCUT2D eigenvalue weighted by Gasteiger charge is -2.22. The molecule has 21 heavy (non-hydrogen) atoms. The smallest absolute Gasteiger partial charge is 0.241 e. The van der Waals surface area contributed by atoms with Crippen molar-refractivity contribution in [1.29, 1.82) is 0 Å². The molecule has 0 saturated carbocycles. The molecule has 1 saturated heterocycles. The molecule has 3 rings (SSSR count). The maximum atomic E-state index is 5.76. The molecule has 3 heterocycles. The number of likely N-dealkylation sites (tertiary alicyclic amines) is 1. The second-order valence-corrected chi connectivity index (χ2v) is 5.09. The van der Waals surface area contributed by atoms with Crippen molar-refractivity contribution in [1.82, 2.24) is 29.4 Å². The first-order valence-corrected chi connectivity index (χ1v) is 7.24. The average molecular weight is 288 g/mol. The predicted molar refractivity (Wildman–Crippen MR) is 80.1 cm³/mol. The molecular formula is C13H20N8. The number of nitrogens with two attached hydrogens (primary N) is 1. The van der Waals surface area contributed by atoms with Crippen LogP contribution >= 0.6 is 0 Å². The fourth-order valence-corrected chi connectivity index (χ4v) is 2.70. The van der Waals surface area contributed by atoms with Crippen LogP contribution in [-0.2, 0) is 0 Å². The minimum Gasteiger partial charge on any atom is -0.368 e. The Hall–Kier alpha value is -2.22. The van der Waals surface area contributed by atoms with Crippen molar-refractivity contribution in [2.24, 2.45) is 0 Å². The third-order valence-electron chi connectivity index (χ3n) is 3.78. The number of imidazole rings is 1. The van der Waals surface area contributed by atoms with Crippen molar-refractivity contribution in [2.45, 2.75) is 25.8 Å². The molecule has 2 aromatic rings. The summed E-state index contributed by atoms with van der Waals surface area (Å²) < 4.78 is 1.71. The number of nitrogens with one attached hydrogen (secondary N) is 1. The molecule has 0 aliphatic carbocycles. The van der Waals surface area contributed by atoms with E-state index in [1.54, 1.807) is 23.3 Å². The summed E-state index contributed by atoms with van der Waals surface area (Å²) in [7, 11) is 0. The Morgan fingerprint density at radius 3 is 3.05 bits per heavy atom. The fraction of sp³-hybridized carbons (Fsp3) is 0.538. The van der Waals surface area contributed by atoms with Gasteiger partial charge in [-0.05, 0) is 25.9 Å². The molecule has 0 aromatic carbocycles. The van der Waals surface area contributed by atoms with E-state index in [0.29, 0.717) is 17.9 Å². The highest BCUT2D eigenvalue weighted by molar-refractivity contribution is 5.35. The van der Waals surface area contributed by atoms with Crippen LogP contribution in [0.4, 0.5) is 11.9 Å². The number of likely N-dealkylation sites (N-methyl/N-ethyl adjacent to an activating group) is 1. The molecule has 1 atom stereocenters. The molecule has 0 radical (unpaired) electrons. The van der Waals surface area contributed by atoms with Gasteiger partial charge >= 0.3 is 0 Å². The molecule has 1 fully saturated rings. The normalized spacial score (nSPS) is 19.0. The van der Waals surface area contributed by atoms with Crippen LogP contribution in [0.3, 0.4) is 0 Å². The highest BCUT2D eigenvalue weighted by Gasteiger charge is 2.22. The summed E-state index contributed by atoms with van der Waals surface area (Å²) in [4.78, 5) is 19.1. The van der Waals surface area contributed by atoms with E-state index < -0.39 is 0 Å². The lowest BCUT2D eigenvalue weighted by atomic mass is 10.2. The Morgan fingerprint density at radius 2 is 2.29 bits per heavy atom. The Bertz CT molecular complexity index is 582. The number of hydrogen-bond donors (Lipinski definition) is 2. The summed E-state index contributed by atoms with van der Waals surface area (Å²) in [6, 6.07) is 0.532. The summed E-state index contributed by atoms with van der Waals surface area (Å²) in [5, 5.41) is 3.28. The zero-order valence-corrected chi connectivity index (χ0v) is 12.1. The Balaban J connectivity index is 1.71. The Morgan fingerprint density at radius 1 is 1.38 bits per heavy atom. The molecule has 112 valence electrons. The van der Waals surface area contributed by atoms with Crippen molar-refractivity contribution in [3.8, 4) is 5.95 Å². The van der Waals surface area contributed by atoms with E-state index in [2.05, 4.69) is 37.1 Å². The van der Waals surface area contributed by atoms with Crippen LogP contribution in [0.15, 0.2) is 18.7 Å². The zero-order valence-electron chi connectivity index (χ0n) is 12.1. The molecule has 2 aromatic heterocycles. The maximum absolute atomic E-state index is 5.76. The second-order valence-electron chi connectivity index (χ2n) is 5.09. The van der Waals surface area contributed by atoms with E-state index in [0.717, 1.165) is 13.1 Å². The summed E-state index contributed by atoms with van der Waals surface area (Å²) >= 11 is 0. The first-order valence-electron chi connectivity index (χ1n) is 7.24. The average Bonchev–Trinajstić information content (AvgIpc) is 3.15. The highest BCUT2D eigenvalue weighted by Crippen LogP contribution is 2.17. The fourth-order valence-electron chi connectivity index (χ4n) is 2.70. The van der Waals surface area contributed by atoms with Crippen molar-refractivity contribution < 1.29 is 0 Å². The number of anilines is 2. The largest absolute Gasteiger partial charge is 0.368 e. The van der Waals surface area contributed by atoms with E-state index >= 15 is 0 Å². The van der Waals surface area contributed by atoms with Gasteiger partial charge in [0.05, 0.1) is 0 Å². The molecule has 1 aliphatic heterocycles. The molecule has 8 heteroatoms. The van der Waals surface area contributed by atoms with Crippen molar-refractivity contribution >= 4 is 11.9 Å². The summed E-state index contributed by atoms with van der Waals surface area (Å²) in [5.74, 6) is 1.19. The van der Waals surface area contributed by atoms with Gasteiger partial charge in [0.25, 0.3) is 0 Å². The van der Waals surface area contributed by atoms with Gasteiger partial charge in [0, 0.05) is 25.0 Å². The lowest BCUT2D eigenvalue weighted by Crippen LogP contribution is -2.35. The third-order valence-corrected chi connectivity index (χ3v) is 3.78. The van der Waals surface area contributed by atoms with E-state index in [1.807, 2.05) is 0 Å². The monoisotopic (exact) mass is 288 g/mol. The molecule has 0 amide bonds. The van der Waals surface area contributed by atoms with E-state index in [1.165, 1.54) is 19.4 Å². The molecule has 3 N–H and O–H groups in total. The summed E-state index contributed by atoms with van der Waals surface area (Å²) in [5.41, 5.74) is 5.76. The van der Waals surface area contributed by atoms with Gasteiger partial charge < -0.3 is 11.1 Å². The van der Waals surface area contributed by atoms with Crippen LogP contribution < -0.4 is 11.1 Å². The van der Waals surface area contributed by atoms with Gasteiger partial charge in [-0.15, -0.1) is 0 Å². The molecular weight excluding hydrogens is 268 g/mol. The van der Waals surface area contributed by atoms with Crippen molar-refractivity contribution in [3.05, 3.63) is 18.7 Å². The predicted octanol–water partition coefficient (Wildman–Crippen LogP) is 0.536. The van der Waals surface area contributed by atoms with Gasteiger partial charge in [-0.25, -0.2) is 4.98 Å². The minimum absolute atomic E-state index is 0.204. The van der Waals surface area contributed by atoms with Gasteiger partial charge in [-0.3, -0.25) is 9.47 Å². The maximum Gasteiger partial charge on any atom is 0.241 e. The Labute approximate surface area is 123 Å². The standard InChI is InChI=1S/C13H20N8/c1-2-20-6-3-4-10(20)8-16-12-17-11(14)18-13(19-12)21-7-5-15-9-21/h5,7,9-10H,2-4,6,8H2,1H3,(H3,14,16,17,18,19). The van der Waals surface area contributed by atoms with Crippen molar-refractivity contribution in [2.75, 3.05) is 30.7 Å². The van der Waals surface area contributed by atoms with Gasteiger partial charge in [-0.2, -0.15) is 15.0 Å². The summed E-state index contributed by atoms with van der Waals surface area (Å²) in [6.45, 7) is 5.26. The van der Waals surface area contributed by atoms with Crippen LogP contribution in [-0.4, -0.2) is 55.1 Å². The van der Waals surface area contributed by atoms with Gasteiger partial charge in [0.1, 0.15) is 6.33 Å². The van der Waals surface area contributed by atoms with E-state index in [-0.39, 0.29) is 5.95 Å². The Kier molecular flexibility index (Phi) is 3.96. The van der Waals surface area contributed by atoms with Gasteiger partial charge in [-0.1, -0.05) is 6.92 Å². The highest BCUT2D eigenvalue weighted by atomic mass is 15.3. The van der Waals surface area contributed by atoms with Gasteiger partial charge in [0.15, 0.2) is 0 Å². The van der Waals surface area contributed by atoms with Crippen LogP contribution in [0.5, 0.6) is 0 Å². The van der Waals surface area contributed by atoms with E-state index in [4.69, 9.17) is 5.73 Å². The number of rotatable bonds is 5. The number of hydrogen-bond acceptors (Lipinski definition) is 7. The van der Waals surface area contributed by atoms with E-state index in [9.17, 15) is 0 Å². The zero-order chi connectivity index (χ0) is 14.7. The first-order chi connectivity index (χ1) is 10.3. The third kappa shape index (κ3) is 3.10. The number of aromatic nitrogens is 5. The second kappa shape index (κ2) is 6.04.